The lowest BCUT2D eigenvalue weighted by atomic mass is 9.88. The molecule has 1 saturated heterocycles. The van der Waals surface area contributed by atoms with Gasteiger partial charge in [0.05, 0.1) is 17.8 Å². The van der Waals surface area contributed by atoms with Crippen molar-refractivity contribution in [2.45, 2.75) is 38.1 Å². The molecule has 0 aliphatic carbocycles. The fourth-order valence-electron chi connectivity index (χ4n) is 3.28. The first-order valence-electron chi connectivity index (χ1n) is 7.93. The number of hydrogen-bond donors (Lipinski definition) is 2. The second kappa shape index (κ2) is 5.62. The highest BCUT2D eigenvalue weighted by atomic mass is 16.2. The van der Waals surface area contributed by atoms with Crippen LogP contribution in [0.1, 0.15) is 42.4 Å². The quantitative estimate of drug-likeness (QED) is 0.838. The Morgan fingerprint density at radius 3 is 2.77 bits per heavy atom. The van der Waals surface area contributed by atoms with Gasteiger partial charge in [-0.05, 0) is 25.3 Å². The summed E-state index contributed by atoms with van der Waals surface area (Å²) < 4.78 is 1.70. The van der Waals surface area contributed by atoms with E-state index in [4.69, 9.17) is 5.73 Å². The highest BCUT2D eigenvalue weighted by Gasteiger charge is 2.39. The van der Waals surface area contributed by atoms with E-state index in [-0.39, 0.29) is 11.4 Å². The molecule has 3 heterocycles. The number of hydrogen-bond acceptors (Lipinski definition) is 5. The van der Waals surface area contributed by atoms with E-state index in [1.165, 1.54) is 0 Å². The molecule has 120 valence electrons. The molecular weight excluding hydrogens is 280 g/mol. The number of guanidine groups is 1. The maximum atomic E-state index is 12.7. The van der Waals surface area contributed by atoms with Gasteiger partial charge in [0.1, 0.15) is 5.69 Å². The lowest BCUT2D eigenvalue weighted by Crippen LogP contribution is -2.55. The highest BCUT2D eigenvalue weighted by molar-refractivity contribution is 5.92. The lowest BCUT2D eigenvalue weighted by Gasteiger charge is -2.39. The largest absolute Gasteiger partial charge is 0.370 e. The van der Waals surface area contributed by atoms with Crippen LogP contribution in [0.5, 0.6) is 0 Å². The van der Waals surface area contributed by atoms with Gasteiger partial charge in [0.15, 0.2) is 5.96 Å². The summed E-state index contributed by atoms with van der Waals surface area (Å²) in [6.45, 7) is 4.28. The molecule has 7 heteroatoms. The zero-order valence-corrected chi connectivity index (χ0v) is 13.3. The predicted molar refractivity (Wildman–Crippen MR) is 84.7 cm³/mol. The molecule has 0 aromatic carbocycles. The summed E-state index contributed by atoms with van der Waals surface area (Å²) in [5.41, 5.74) is 7.34. The fourth-order valence-corrected chi connectivity index (χ4v) is 3.28. The Kier molecular flexibility index (Phi) is 3.80. The molecule has 0 bridgehead atoms. The van der Waals surface area contributed by atoms with E-state index in [0.717, 1.165) is 44.5 Å². The minimum atomic E-state index is -0.0410. The molecule has 0 radical (unpaired) electrons. The first-order chi connectivity index (χ1) is 10.5. The second-order valence-corrected chi connectivity index (χ2v) is 6.29. The number of likely N-dealkylation sites (tertiary alicyclic amines) is 1. The van der Waals surface area contributed by atoms with Crippen LogP contribution in [0.2, 0.25) is 0 Å². The third-order valence-corrected chi connectivity index (χ3v) is 4.61. The van der Waals surface area contributed by atoms with Crippen LogP contribution >= 0.6 is 0 Å². The lowest BCUT2D eigenvalue weighted by molar-refractivity contribution is 0.0657. The van der Waals surface area contributed by atoms with Crippen molar-refractivity contribution in [3.8, 4) is 0 Å². The van der Waals surface area contributed by atoms with Crippen molar-refractivity contribution < 1.29 is 4.79 Å². The smallest absolute Gasteiger partial charge is 0.272 e. The van der Waals surface area contributed by atoms with Crippen LogP contribution in [-0.4, -0.2) is 51.7 Å². The average molecular weight is 304 g/mol. The third-order valence-electron chi connectivity index (χ3n) is 4.61. The molecule has 1 aromatic rings. The van der Waals surface area contributed by atoms with Crippen LogP contribution in [-0.2, 0) is 13.5 Å². The minimum absolute atomic E-state index is 0.0410. The Bertz CT molecular complexity index is 597. The van der Waals surface area contributed by atoms with Gasteiger partial charge in [-0.25, -0.2) is 0 Å². The molecule has 1 aromatic heterocycles. The van der Waals surface area contributed by atoms with Gasteiger partial charge in [0.25, 0.3) is 5.91 Å². The van der Waals surface area contributed by atoms with E-state index in [1.54, 1.807) is 4.68 Å². The Morgan fingerprint density at radius 2 is 2.18 bits per heavy atom. The zero-order valence-electron chi connectivity index (χ0n) is 13.3. The Balaban J connectivity index is 1.65. The van der Waals surface area contributed by atoms with Crippen molar-refractivity contribution in [1.82, 2.24) is 20.0 Å². The van der Waals surface area contributed by atoms with Crippen LogP contribution in [0.25, 0.3) is 0 Å². The van der Waals surface area contributed by atoms with E-state index < -0.39 is 0 Å². The Hall–Kier alpha value is -2.05. The van der Waals surface area contributed by atoms with Crippen molar-refractivity contribution in [3.63, 3.8) is 0 Å². The van der Waals surface area contributed by atoms with Gasteiger partial charge in [-0.2, -0.15) is 5.10 Å². The van der Waals surface area contributed by atoms with E-state index in [9.17, 15) is 4.79 Å². The van der Waals surface area contributed by atoms with Gasteiger partial charge in [-0.15, -0.1) is 0 Å². The number of carbonyl (C=O) groups excluding carboxylic acids is 1. The Labute approximate surface area is 130 Å². The molecule has 1 spiro atoms. The van der Waals surface area contributed by atoms with Crippen molar-refractivity contribution in [3.05, 3.63) is 17.5 Å². The van der Waals surface area contributed by atoms with Crippen LogP contribution in [0, 0.1) is 0 Å². The standard InChI is InChI=1S/C15H24N6O/c1-3-4-11-9-12(20(2)19-11)13(22)21-7-5-15(6-8-21)10-17-14(16)18-15/h9H,3-8,10H2,1-2H3,(H3,16,17,18). The third kappa shape index (κ3) is 2.67. The summed E-state index contributed by atoms with van der Waals surface area (Å²) in [5.74, 6) is 0.592. The summed E-state index contributed by atoms with van der Waals surface area (Å²) in [6, 6.07) is 1.92. The predicted octanol–water partition coefficient (Wildman–Crippen LogP) is 0.265. The molecule has 1 amide bonds. The molecule has 0 unspecified atom stereocenters. The summed E-state index contributed by atoms with van der Waals surface area (Å²) in [5, 5.41) is 7.69. The monoisotopic (exact) mass is 304 g/mol. The fraction of sp³-hybridized carbons (Fsp3) is 0.667. The number of nitrogens with one attached hydrogen (secondary N) is 1. The summed E-state index contributed by atoms with van der Waals surface area (Å²) in [6.07, 6.45) is 3.69. The molecule has 3 rings (SSSR count). The second-order valence-electron chi connectivity index (χ2n) is 6.29. The maximum absolute atomic E-state index is 12.7. The number of rotatable bonds is 3. The summed E-state index contributed by atoms with van der Waals surface area (Å²) >= 11 is 0. The van der Waals surface area contributed by atoms with Gasteiger partial charge in [-0.3, -0.25) is 14.5 Å². The summed E-state index contributed by atoms with van der Waals surface area (Å²) in [4.78, 5) is 18.9. The minimum Gasteiger partial charge on any atom is -0.370 e. The molecular formula is C15H24N6O. The molecule has 7 nitrogen and oxygen atoms in total. The van der Waals surface area contributed by atoms with E-state index in [1.807, 2.05) is 18.0 Å². The van der Waals surface area contributed by atoms with Crippen molar-refractivity contribution in [1.29, 1.82) is 0 Å². The van der Waals surface area contributed by atoms with Gasteiger partial charge >= 0.3 is 0 Å². The Morgan fingerprint density at radius 1 is 1.45 bits per heavy atom. The first-order valence-corrected chi connectivity index (χ1v) is 7.93. The average Bonchev–Trinajstić information content (AvgIpc) is 3.03. The molecule has 2 aliphatic rings. The number of amides is 1. The maximum Gasteiger partial charge on any atom is 0.272 e. The van der Waals surface area contributed by atoms with Crippen LogP contribution in [0.3, 0.4) is 0 Å². The number of piperidine rings is 1. The summed E-state index contributed by atoms with van der Waals surface area (Å²) in [7, 11) is 1.84. The van der Waals surface area contributed by atoms with Gasteiger partial charge in [-0.1, -0.05) is 13.3 Å². The molecule has 3 N–H and O–H groups in total. The normalized spacial score (nSPS) is 20.1. The van der Waals surface area contributed by atoms with Gasteiger partial charge in [0.2, 0.25) is 0 Å². The van der Waals surface area contributed by atoms with Crippen LogP contribution in [0.4, 0.5) is 0 Å². The number of aromatic nitrogens is 2. The van der Waals surface area contributed by atoms with Crippen molar-refractivity contribution in [2.75, 3.05) is 19.6 Å². The van der Waals surface area contributed by atoms with E-state index >= 15 is 0 Å². The van der Waals surface area contributed by atoms with Crippen molar-refractivity contribution in [2.24, 2.45) is 17.8 Å². The van der Waals surface area contributed by atoms with Crippen LogP contribution in [0.15, 0.2) is 11.1 Å². The zero-order chi connectivity index (χ0) is 15.7. The highest BCUT2D eigenvalue weighted by Crippen LogP contribution is 2.26. The van der Waals surface area contributed by atoms with Crippen LogP contribution < -0.4 is 11.1 Å². The molecule has 1 fully saturated rings. The number of nitrogens with zero attached hydrogens (tertiary/aromatic N) is 4. The van der Waals surface area contributed by atoms with Gasteiger partial charge < -0.3 is 16.0 Å². The topological polar surface area (TPSA) is 88.5 Å². The number of aliphatic imine (C=N–C) groups is 1. The van der Waals surface area contributed by atoms with Gasteiger partial charge in [0, 0.05) is 20.1 Å². The number of carbonyl (C=O) groups is 1. The SMILES string of the molecule is CCCc1cc(C(=O)N2CCC3(CC2)CN=C(N)N3)n(C)n1. The number of nitrogens with two attached hydrogens (primary N) is 1. The first kappa shape index (κ1) is 14.9. The van der Waals surface area contributed by atoms with E-state index in [2.05, 4.69) is 22.3 Å². The van der Waals surface area contributed by atoms with Crippen molar-refractivity contribution >= 4 is 11.9 Å². The molecule has 2 aliphatic heterocycles. The number of aryl methyl sites for hydroxylation is 2. The van der Waals surface area contributed by atoms with E-state index in [0.29, 0.717) is 18.2 Å². The molecule has 0 saturated carbocycles. The molecule has 0 atom stereocenters. The molecule has 22 heavy (non-hydrogen) atoms.